The average molecular weight is 213 g/mol. The topological polar surface area (TPSA) is 48.6 Å². The molecule has 4 heteroatoms. The van der Waals surface area contributed by atoms with Crippen LogP contribution in [0, 0.1) is 0 Å². The van der Waals surface area contributed by atoms with E-state index >= 15 is 0 Å². The summed E-state index contributed by atoms with van der Waals surface area (Å²) in [6, 6.07) is 5.48. The van der Waals surface area contributed by atoms with E-state index in [0.717, 1.165) is 9.99 Å². The average Bonchev–Trinajstić information content (AvgIpc) is 2.35. The van der Waals surface area contributed by atoms with Gasteiger partial charge in [-0.3, -0.25) is 15.0 Å². The third-order valence-corrected chi connectivity index (χ3v) is 2.22. The van der Waals surface area contributed by atoms with Gasteiger partial charge in [0.1, 0.15) is 0 Å². The van der Waals surface area contributed by atoms with Gasteiger partial charge in [-0.05, 0) is 28.1 Å². The van der Waals surface area contributed by atoms with E-state index in [9.17, 15) is 4.79 Å². The molecule has 2 rings (SSSR count). The Morgan fingerprint density at radius 1 is 1.27 bits per heavy atom. The van der Waals surface area contributed by atoms with Crippen LogP contribution in [-0.4, -0.2) is 10.2 Å². The van der Waals surface area contributed by atoms with Crippen LogP contribution in [0.3, 0.4) is 0 Å². The number of nitrogens with one attached hydrogen (secondary N) is 2. The Bertz CT molecular complexity index is 443. The summed E-state index contributed by atoms with van der Waals surface area (Å²) in [6.07, 6.45) is 0. The third kappa shape index (κ3) is 0.903. The molecule has 3 nitrogen and oxygen atoms in total. The minimum absolute atomic E-state index is 0.0821. The zero-order valence-electron chi connectivity index (χ0n) is 5.52. The summed E-state index contributed by atoms with van der Waals surface area (Å²) in [5.41, 5.74) is 0.735. The largest absolute Gasteiger partial charge is 0.296 e. The molecule has 0 spiro atoms. The standard InChI is InChI=1S/C7H5BrN2O/c8-5-3-1-2-4-6(5)9-10-7(4)11/h1-3H,(H2,9,10,11). The highest BCUT2D eigenvalue weighted by molar-refractivity contribution is 9.10. The molecule has 0 saturated heterocycles. The molecule has 0 atom stereocenters. The van der Waals surface area contributed by atoms with Gasteiger partial charge in [-0.2, -0.15) is 0 Å². The second-order valence-corrected chi connectivity index (χ2v) is 3.10. The molecule has 0 fully saturated rings. The molecular weight excluding hydrogens is 208 g/mol. The number of aromatic amines is 2. The first-order valence-electron chi connectivity index (χ1n) is 3.14. The van der Waals surface area contributed by atoms with Gasteiger partial charge in [0.15, 0.2) is 0 Å². The van der Waals surface area contributed by atoms with E-state index in [0.29, 0.717) is 5.39 Å². The Kier molecular flexibility index (Phi) is 1.35. The Balaban J connectivity index is 3.06. The smallest absolute Gasteiger partial charge is 0.271 e. The molecule has 2 aromatic rings. The molecule has 1 aromatic heterocycles. The van der Waals surface area contributed by atoms with Crippen molar-refractivity contribution in [2.45, 2.75) is 0 Å². The van der Waals surface area contributed by atoms with Crippen LogP contribution in [0.15, 0.2) is 27.5 Å². The Morgan fingerprint density at radius 2 is 2.09 bits per heavy atom. The molecule has 0 unspecified atom stereocenters. The normalized spacial score (nSPS) is 10.6. The zero-order chi connectivity index (χ0) is 7.84. The van der Waals surface area contributed by atoms with E-state index in [1.165, 1.54) is 0 Å². The minimum Gasteiger partial charge on any atom is -0.296 e. The summed E-state index contributed by atoms with van der Waals surface area (Å²) in [7, 11) is 0. The number of fused-ring (bicyclic) bond motifs is 1. The Labute approximate surface area is 70.5 Å². The van der Waals surface area contributed by atoms with Crippen molar-refractivity contribution in [3.8, 4) is 0 Å². The van der Waals surface area contributed by atoms with E-state index in [1.807, 2.05) is 12.1 Å². The lowest BCUT2D eigenvalue weighted by molar-refractivity contribution is 1.08. The molecule has 0 aliphatic carbocycles. The monoisotopic (exact) mass is 212 g/mol. The molecule has 0 amide bonds. The van der Waals surface area contributed by atoms with Gasteiger partial charge in [-0.15, -0.1) is 0 Å². The van der Waals surface area contributed by atoms with Crippen LogP contribution >= 0.6 is 15.9 Å². The van der Waals surface area contributed by atoms with Gasteiger partial charge >= 0.3 is 0 Å². The molecule has 0 bridgehead atoms. The number of hydrogen-bond donors (Lipinski definition) is 2. The summed E-state index contributed by atoms with van der Waals surface area (Å²) in [5.74, 6) is 0. The lowest BCUT2D eigenvalue weighted by Gasteiger charge is -1.88. The second kappa shape index (κ2) is 2.23. The maximum Gasteiger partial charge on any atom is 0.271 e. The van der Waals surface area contributed by atoms with Crippen LogP contribution < -0.4 is 5.56 Å². The van der Waals surface area contributed by atoms with Gasteiger partial charge < -0.3 is 0 Å². The predicted molar refractivity (Wildman–Crippen MR) is 46.6 cm³/mol. The fourth-order valence-corrected chi connectivity index (χ4v) is 1.49. The minimum atomic E-state index is -0.0821. The first-order valence-corrected chi connectivity index (χ1v) is 3.93. The summed E-state index contributed by atoms with van der Waals surface area (Å²) < 4.78 is 0.897. The van der Waals surface area contributed by atoms with Gasteiger partial charge in [0, 0.05) is 4.47 Å². The molecule has 2 N–H and O–H groups in total. The number of benzene rings is 1. The van der Waals surface area contributed by atoms with Crippen molar-refractivity contribution in [3.63, 3.8) is 0 Å². The number of aromatic nitrogens is 2. The predicted octanol–water partition coefficient (Wildman–Crippen LogP) is 1.62. The summed E-state index contributed by atoms with van der Waals surface area (Å²) >= 11 is 3.32. The first kappa shape index (κ1) is 6.67. The van der Waals surface area contributed by atoms with Crippen molar-refractivity contribution in [1.29, 1.82) is 0 Å². The van der Waals surface area contributed by atoms with Crippen molar-refractivity contribution < 1.29 is 0 Å². The van der Waals surface area contributed by atoms with Crippen molar-refractivity contribution in [2.24, 2.45) is 0 Å². The van der Waals surface area contributed by atoms with Gasteiger partial charge in [0.25, 0.3) is 5.56 Å². The molecule has 0 saturated carbocycles. The molecule has 1 aromatic carbocycles. The maximum atomic E-state index is 11.0. The number of para-hydroxylation sites is 1. The fourth-order valence-electron chi connectivity index (χ4n) is 1.03. The lowest BCUT2D eigenvalue weighted by atomic mass is 10.3. The van der Waals surface area contributed by atoms with E-state index in [-0.39, 0.29) is 5.56 Å². The first-order chi connectivity index (χ1) is 5.29. The number of rotatable bonds is 0. The summed E-state index contributed by atoms with van der Waals surface area (Å²) in [6.45, 7) is 0. The highest BCUT2D eigenvalue weighted by Gasteiger charge is 2.01. The van der Waals surface area contributed by atoms with Crippen LogP contribution in [0.5, 0.6) is 0 Å². The van der Waals surface area contributed by atoms with Crippen LogP contribution in [0.2, 0.25) is 0 Å². The third-order valence-electron chi connectivity index (χ3n) is 1.56. The van der Waals surface area contributed by atoms with Gasteiger partial charge in [-0.25, -0.2) is 0 Å². The van der Waals surface area contributed by atoms with Crippen molar-refractivity contribution in [1.82, 2.24) is 10.2 Å². The van der Waals surface area contributed by atoms with Gasteiger partial charge in [-0.1, -0.05) is 6.07 Å². The summed E-state index contributed by atoms with van der Waals surface area (Å²) in [4.78, 5) is 11.0. The van der Waals surface area contributed by atoms with Crippen molar-refractivity contribution in [3.05, 3.63) is 33.0 Å². The van der Waals surface area contributed by atoms with E-state index in [4.69, 9.17) is 0 Å². The number of hydrogen-bond acceptors (Lipinski definition) is 1. The lowest BCUT2D eigenvalue weighted by Crippen LogP contribution is -1.96. The molecule has 0 radical (unpaired) electrons. The quantitative estimate of drug-likeness (QED) is 0.686. The Morgan fingerprint density at radius 3 is 2.82 bits per heavy atom. The van der Waals surface area contributed by atoms with E-state index < -0.39 is 0 Å². The van der Waals surface area contributed by atoms with Crippen LogP contribution in [0.25, 0.3) is 10.9 Å². The van der Waals surface area contributed by atoms with Gasteiger partial charge in [0.2, 0.25) is 0 Å². The fraction of sp³-hybridized carbons (Fsp3) is 0. The SMILES string of the molecule is O=c1[nH][nH]c2c(Br)cccc12. The van der Waals surface area contributed by atoms with E-state index in [1.54, 1.807) is 6.07 Å². The van der Waals surface area contributed by atoms with Crippen LogP contribution in [0.1, 0.15) is 0 Å². The highest BCUT2D eigenvalue weighted by Crippen LogP contribution is 2.17. The molecule has 0 aliphatic heterocycles. The van der Waals surface area contributed by atoms with Crippen molar-refractivity contribution >= 4 is 26.8 Å². The molecular formula is C7H5BrN2O. The van der Waals surface area contributed by atoms with Crippen LogP contribution in [0.4, 0.5) is 0 Å². The molecule has 56 valence electrons. The highest BCUT2D eigenvalue weighted by atomic mass is 79.9. The zero-order valence-corrected chi connectivity index (χ0v) is 7.10. The Hall–Kier alpha value is -1.03. The number of H-pyrrole nitrogens is 2. The van der Waals surface area contributed by atoms with E-state index in [2.05, 4.69) is 26.1 Å². The molecule has 11 heavy (non-hydrogen) atoms. The summed E-state index contributed by atoms with van der Waals surface area (Å²) in [5, 5.41) is 5.96. The van der Waals surface area contributed by atoms with Gasteiger partial charge in [0.05, 0.1) is 10.9 Å². The molecule has 0 aliphatic rings. The second-order valence-electron chi connectivity index (χ2n) is 2.24. The maximum absolute atomic E-state index is 11.0. The van der Waals surface area contributed by atoms with Crippen molar-refractivity contribution in [2.75, 3.05) is 0 Å². The molecule has 1 heterocycles. The number of halogens is 1. The van der Waals surface area contributed by atoms with Crippen LogP contribution in [-0.2, 0) is 0 Å².